The highest BCUT2D eigenvalue weighted by Gasteiger charge is 2.27. The van der Waals surface area contributed by atoms with Gasteiger partial charge >= 0.3 is 0 Å². The molecular weight excluding hydrogens is 452 g/mol. The van der Waals surface area contributed by atoms with Crippen LogP contribution in [-0.2, 0) is 10.0 Å². The first kappa shape index (κ1) is 24.1. The van der Waals surface area contributed by atoms with E-state index in [-0.39, 0.29) is 12.1 Å². The van der Waals surface area contributed by atoms with E-state index >= 15 is 0 Å². The van der Waals surface area contributed by atoms with Gasteiger partial charge in [-0.1, -0.05) is 12.1 Å². The maximum atomic E-state index is 11.8. The zero-order valence-corrected chi connectivity index (χ0v) is 20.5. The third kappa shape index (κ3) is 5.35. The Morgan fingerprint density at radius 2 is 2.09 bits per heavy atom. The zero-order valence-electron chi connectivity index (χ0n) is 19.7. The van der Waals surface area contributed by atoms with Gasteiger partial charge in [0, 0.05) is 19.2 Å². The molecule has 2 aromatic rings. The molecule has 0 radical (unpaired) electrons. The summed E-state index contributed by atoms with van der Waals surface area (Å²) in [4.78, 5) is 14.4. The van der Waals surface area contributed by atoms with Crippen LogP contribution < -0.4 is 15.8 Å². The predicted molar refractivity (Wildman–Crippen MR) is 133 cm³/mol. The van der Waals surface area contributed by atoms with Gasteiger partial charge in [0.1, 0.15) is 17.9 Å². The van der Waals surface area contributed by atoms with Crippen LogP contribution in [0.25, 0.3) is 10.9 Å². The number of nitrogens with two attached hydrogens (primary N) is 2. The van der Waals surface area contributed by atoms with Crippen LogP contribution in [0, 0.1) is 6.92 Å². The third-order valence-electron chi connectivity index (χ3n) is 5.98. The Balaban J connectivity index is 1.65. The fourth-order valence-corrected chi connectivity index (χ4v) is 5.03. The van der Waals surface area contributed by atoms with E-state index in [1.165, 1.54) is 16.8 Å². The fraction of sp³-hybridized carbons (Fsp3) is 0.375. The highest BCUT2D eigenvalue weighted by Crippen LogP contribution is 2.30. The lowest BCUT2D eigenvalue weighted by Gasteiger charge is -2.30. The molecule has 0 bridgehead atoms. The highest BCUT2D eigenvalue weighted by atomic mass is 32.2. The number of hydrogen-bond donors (Lipinski definition) is 2. The van der Waals surface area contributed by atoms with Gasteiger partial charge in [-0.2, -0.15) is 4.98 Å². The monoisotopic (exact) mass is 483 g/mol. The lowest BCUT2D eigenvalue weighted by atomic mass is 10.1. The minimum Gasteiger partial charge on any atom is -0.474 e. The summed E-state index contributed by atoms with van der Waals surface area (Å²) in [6, 6.07) is 5.58. The molecule has 10 heteroatoms. The van der Waals surface area contributed by atoms with Gasteiger partial charge in [-0.15, -0.1) is 0 Å². The van der Waals surface area contributed by atoms with Crippen LogP contribution in [0.1, 0.15) is 37.2 Å². The van der Waals surface area contributed by atoms with Gasteiger partial charge in [-0.25, -0.2) is 17.7 Å². The molecule has 1 unspecified atom stereocenters. The Morgan fingerprint density at radius 3 is 2.74 bits per heavy atom. The van der Waals surface area contributed by atoms with Crippen molar-refractivity contribution in [3.8, 4) is 5.88 Å². The second-order valence-corrected chi connectivity index (χ2v) is 10.5. The van der Waals surface area contributed by atoms with E-state index < -0.39 is 10.0 Å². The highest BCUT2D eigenvalue weighted by molar-refractivity contribution is 7.88. The Bertz CT molecular complexity index is 1290. The topological polar surface area (TPSA) is 127 Å². The van der Waals surface area contributed by atoms with Crippen LogP contribution in [0.15, 0.2) is 59.5 Å². The number of nitrogens with zero attached hydrogens (tertiary/aromatic N) is 4. The van der Waals surface area contributed by atoms with Crippen molar-refractivity contribution in [2.24, 2.45) is 10.7 Å². The number of allylic oxidation sites excluding steroid dienone is 3. The van der Waals surface area contributed by atoms with Gasteiger partial charge in [-0.3, -0.25) is 10.3 Å². The van der Waals surface area contributed by atoms with E-state index in [0.29, 0.717) is 37.6 Å². The molecule has 0 aliphatic carbocycles. The number of rotatable bonds is 7. The number of quaternary nitrogens is 1. The van der Waals surface area contributed by atoms with E-state index in [2.05, 4.69) is 0 Å². The van der Waals surface area contributed by atoms with Gasteiger partial charge in [0.05, 0.1) is 23.4 Å². The zero-order chi connectivity index (χ0) is 24.3. The number of hydrogen-bond acceptors (Lipinski definition) is 7. The molecule has 2 aliphatic heterocycles. The molecule has 1 fully saturated rings. The largest absolute Gasteiger partial charge is 0.474 e. The minimum absolute atomic E-state index is 0.123. The van der Waals surface area contributed by atoms with Gasteiger partial charge in [-0.05, 0) is 56.7 Å². The molecule has 2 aliphatic rings. The van der Waals surface area contributed by atoms with E-state index in [9.17, 15) is 8.42 Å². The molecular formula is C24H31N6O3S+. The minimum atomic E-state index is -3.19. The van der Waals surface area contributed by atoms with Gasteiger partial charge in [0.2, 0.25) is 15.9 Å². The normalized spacial score (nSPS) is 19.1. The fourth-order valence-electron chi connectivity index (χ4n) is 4.16. The van der Waals surface area contributed by atoms with Crippen molar-refractivity contribution in [1.82, 2.24) is 14.3 Å². The average Bonchev–Trinajstić information content (AvgIpc) is 3.33. The second-order valence-electron chi connectivity index (χ2n) is 8.56. The summed E-state index contributed by atoms with van der Waals surface area (Å²) >= 11 is 0. The molecule has 4 rings (SSSR count). The molecule has 1 aromatic heterocycles. The van der Waals surface area contributed by atoms with E-state index in [0.717, 1.165) is 27.9 Å². The SMILES string of the molecule is Cc1cccc2nc(C(C)N=C(C=CN)C3=CC=C[NH2+]3)nc(OC3CCN(S(C)(=O)=O)CC3)c12. The van der Waals surface area contributed by atoms with Crippen molar-refractivity contribution < 1.29 is 18.5 Å². The summed E-state index contributed by atoms with van der Waals surface area (Å²) in [6.07, 6.45) is 11.5. The number of benzene rings is 1. The number of piperidine rings is 1. The molecule has 9 nitrogen and oxygen atoms in total. The first-order valence-corrected chi connectivity index (χ1v) is 13.2. The first-order chi connectivity index (χ1) is 16.3. The third-order valence-corrected chi connectivity index (χ3v) is 7.29. The first-order valence-electron chi connectivity index (χ1n) is 11.3. The van der Waals surface area contributed by atoms with Crippen LogP contribution >= 0.6 is 0 Å². The second kappa shape index (κ2) is 10.0. The van der Waals surface area contributed by atoms with Crippen molar-refractivity contribution in [2.45, 2.75) is 38.8 Å². The van der Waals surface area contributed by atoms with E-state index in [1.807, 2.05) is 55.7 Å². The van der Waals surface area contributed by atoms with Crippen molar-refractivity contribution in [3.63, 3.8) is 0 Å². The lowest BCUT2D eigenvalue weighted by molar-refractivity contribution is -0.521. The standard InChI is InChI=1S/C24H30N6O3S/c1-16-6-4-7-21-22(16)24(33-18-10-14-30(15-11-18)34(3,31)32)29-23(28-21)17(2)27-20(9-12-25)19-8-5-13-26-19/h4-9,12-13,17-18,26H,10-11,14-15,25H2,1-3H3/p+1. The molecule has 0 spiro atoms. The number of ether oxygens (including phenoxy) is 1. The van der Waals surface area contributed by atoms with Crippen LogP contribution in [0.3, 0.4) is 0 Å². The van der Waals surface area contributed by atoms with Gasteiger partial charge < -0.3 is 10.5 Å². The molecule has 3 heterocycles. The molecule has 1 saturated heterocycles. The molecule has 4 N–H and O–H groups in total. The van der Waals surface area contributed by atoms with E-state index in [4.69, 9.17) is 25.4 Å². The van der Waals surface area contributed by atoms with Crippen LogP contribution in [0.5, 0.6) is 5.88 Å². The number of aromatic nitrogens is 2. The smallest absolute Gasteiger partial charge is 0.225 e. The molecule has 1 atom stereocenters. The maximum Gasteiger partial charge on any atom is 0.225 e. The summed E-state index contributed by atoms with van der Waals surface area (Å²) in [7, 11) is -3.19. The lowest BCUT2D eigenvalue weighted by Crippen LogP contribution is -2.75. The summed E-state index contributed by atoms with van der Waals surface area (Å²) in [5.41, 5.74) is 9.19. The Kier molecular flexibility index (Phi) is 7.11. The van der Waals surface area contributed by atoms with Crippen molar-refractivity contribution in [3.05, 3.63) is 65.9 Å². The van der Waals surface area contributed by atoms with Gasteiger partial charge in [0.25, 0.3) is 0 Å². The number of fused-ring (bicyclic) bond motifs is 1. The molecule has 34 heavy (non-hydrogen) atoms. The quantitative estimate of drug-likeness (QED) is 0.577. The van der Waals surface area contributed by atoms with Crippen molar-refractivity contribution in [1.29, 1.82) is 0 Å². The summed E-state index contributed by atoms with van der Waals surface area (Å²) in [5.74, 6) is 1.07. The predicted octanol–water partition coefficient (Wildman–Crippen LogP) is 1.69. The summed E-state index contributed by atoms with van der Waals surface area (Å²) in [6.45, 7) is 4.82. The molecule has 0 amide bonds. The number of aliphatic imine (C=N–C) groups is 1. The Morgan fingerprint density at radius 1 is 1.32 bits per heavy atom. The van der Waals surface area contributed by atoms with Crippen molar-refractivity contribution >= 4 is 26.6 Å². The van der Waals surface area contributed by atoms with Crippen molar-refractivity contribution in [2.75, 3.05) is 19.3 Å². The molecule has 0 saturated carbocycles. The van der Waals surface area contributed by atoms with Crippen LogP contribution in [0.4, 0.5) is 0 Å². The average molecular weight is 484 g/mol. The van der Waals surface area contributed by atoms with Crippen LogP contribution in [0.2, 0.25) is 0 Å². The van der Waals surface area contributed by atoms with Gasteiger partial charge in [0.15, 0.2) is 11.5 Å². The summed E-state index contributed by atoms with van der Waals surface area (Å²) in [5, 5.41) is 2.85. The Hall–Kier alpha value is -3.08. The van der Waals surface area contributed by atoms with E-state index in [1.54, 1.807) is 6.08 Å². The molecule has 180 valence electrons. The summed E-state index contributed by atoms with van der Waals surface area (Å²) < 4.78 is 31.6. The number of aryl methyl sites for hydroxylation is 1. The van der Waals surface area contributed by atoms with Crippen LogP contribution in [-0.4, -0.2) is 53.9 Å². The number of sulfonamides is 1. The Labute approximate surface area is 200 Å². The maximum absolute atomic E-state index is 11.8. The molecule has 1 aromatic carbocycles.